The molecule has 3 N–H and O–H groups in total. The molecule has 0 aliphatic carbocycles. The first-order valence-electron chi connectivity index (χ1n) is 9.30. The van der Waals surface area contributed by atoms with E-state index in [1.807, 2.05) is 41.8 Å². The lowest BCUT2D eigenvalue weighted by atomic mass is 10.1. The summed E-state index contributed by atoms with van der Waals surface area (Å²) in [5.41, 5.74) is 2.67. The average molecular weight is 397 g/mol. The average Bonchev–Trinajstić information content (AvgIpc) is 3.22. The number of aromatic carboxylic acids is 1. The highest BCUT2D eigenvalue weighted by Crippen LogP contribution is 2.39. The van der Waals surface area contributed by atoms with Crippen LogP contribution in [-0.2, 0) is 6.54 Å². The minimum absolute atomic E-state index is 0.215. The van der Waals surface area contributed by atoms with Gasteiger partial charge in [0.15, 0.2) is 5.75 Å². The molecule has 3 rings (SSSR count). The molecule has 0 bridgehead atoms. The molecule has 0 unspecified atom stereocenters. The van der Waals surface area contributed by atoms with E-state index in [4.69, 9.17) is 4.74 Å². The molecule has 3 aromatic rings. The molecule has 0 aliphatic rings. The molecule has 146 valence electrons. The molecule has 28 heavy (non-hydrogen) atoms. The van der Waals surface area contributed by atoms with Crippen molar-refractivity contribution in [2.75, 3.05) is 17.2 Å². The summed E-state index contributed by atoms with van der Waals surface area (Å²) in [7, 11) is 0. The number of thiophene rings is 1. The Morgan fingerprint density at radius 3 is 2.50 bits per heavy atom. The standard InChI is InChI=1S/C22H24N2O3S/c1-2-3-10-23-19-12-17(22(25)26)13-20(24-14-16-9-11-28-15-16)21(19)27-18-7-5-4-6-8-18/h4-9,11-13,15,23-24H,2-3,10,14H2,1H3,(H,25,26). The van der Waals surface area contributed by atoms with E-state index in [0.29, 0.717) is 29.4 Å². The van der Waals surface area contributed by atoms with Crippen molar-refractivity contribution >= 4 is 28.7 Å². The monoisotopic (exact) mass is 396 g/mol. The maximum absolute atomic E-state index is 11.6. The second-order valence-corrected chi connectivity index (χ2v) is 7.17. The van der Waals surface area contributed by atoms with Crippen LogP contribution in [0.1, 0.15) is 35.7 Å². The summed E-state index contributed by atoms with van der Waals surface area (Å²) in [6.45, 7) is 3.45. The molecular formula is C22H24N2O3S. The number of unbranched alkanes of at least 4 members (excludes halogenated alkanes) is 1. The molecule has 1 aromatic heterocycles. The second kappa shape index (κ2) is 9.80. The highest BCUT2D eigenvalue weighted by molar-refractivity contribution is 7.07. The van der Waals surface area contributed by atoms with Gasteiger partial charge in [0.25, 0.3) is 0 Å². The van der Waals surface area contributed by atoms with Crippen LogP contribution in [0.15, 0.2) is 59.3 Å². The smallest absolute Gasteiger partial charge is 0.335 e. The Morgan fingerprint density at radius 2 is 1.86 bits per heavy atom. The van der Waals surface area contributed by atoms with Crippen molar-refractivity contribution in [3.63, 3.8) is 0 Å². The Bertz CT molecular complexity index is 896. The number of ether oxygens (including phenoxy) is 1. The van der Waals surface area contributed by atoms with Gasteiger partial charge in [0.05, 0.1) is 16.9 Å². The topological polar surface area (TPSA) is 70.6 Å². The lowest BCUT2D eigenvalue weighted by Crippen LogP contribution is -2.09. The first-order chi connectivity index (χ1) is 13.7. The fourth-order valence-corrected chi connectivity index (χ4v) is 3.39. The summed E-state index contributed by atoms with van der Waals surface area (Å²) in [5, 5.41) is 20.3. The third kappa shape index (κ3) is 5.27. The van der Waals surface area contributed by atoms with Crippen molar-refractivity contribution in [3.05, 3.63) is 70.4 Å². The van der Waals surface area contributed by atoms with Crippen molar-refractivity contribution < 1.29 is 14.6 Å². The van der Waals surface area contributed by atoms with E-state index >= 15 is 0 Å². The third-order valence-electron chi connectivity index (χ3n) is 4.21. The predicted molar refractivity (Wildman–Crippen MR) is 115 cm³/mol. The van der Waals surface area contributed by atoms with Crippen LogP contribution in [0, 0.1) is 0 Å². The van der Waals surface area contributed by atoms with Gasteiger partial charge in [0.2, 0.25) is 0 Å². The van der Waals surface area contributed by atoms with E-state index < -0.39 is 5.97 Å². The van der Waals surface area contributed by atoms with E-state index in [1.165, 1.54) is 0 Å². The van der Waals surface area contributed by atoms with Crippen LogP contribution >= 0.6 is 11.3 Å². The third-order valence-corrected chi connectivity index (χ3v) is 4.94. The number of carboxylic acids is 1. The summed E-state index contributed by atoms with van der Waals surface area (Å²) in [6, 6.07) is 14.8. The van der Waals surface area contributed by atoms with Crippen LogP contribution in [0.3, 0.4) is 0 Å². The number of carbonyl (C=O) groups is 1. The summed E-state index contributed by atoms with van der Waals surface area (Å²) in [5.74, 6) is 0.327. The Morgan fingerprint density at radius 1 is 1.11 bits per heavy atom. The number of para-hydroxylation sites is 1. The van der Waals surface area contributed by atoms with Crippen LogP contribution in [0.2, 0.25) is 0 Å². The Kier molecular flexibility index (Phi) is 6.92. The Balaban J connectivity index is 1.97. The van der Waals surface area contributed by atoms with Crippen molar-refractivity contribution in [1.29, 1.82) is 0 Å². The van der Waals surface area contributed by atoms with Gasteiger partial charge < -0.3 is 20.5 Å². The van der Waals surface area contributed by atoms with E-state index in [-0.39, 0.29) is 5.56 Å². The normalized spacial score (nSPS) is 10.5. The molecule has 0 saturated carbocycles. The lowest BCUT2D eigenvalue weighted by Gasteiger charge is -2.19. The quantitative estimate of drug-likeness (QED) is 0.363. The predicted octanol–water partition coefficient (Wildman–Crippen LogP) is 6.06. The highest BCUT2D eigenvalue weighted by Gasteiger charge is 2.17. The molecule has 0 aliphatic heterocycles. The number of hydrogen-bond acceptors (Lipinski definition) is 5. The van der Waals surface area contributed by atoms with Crippen molar-refractivity contribution in [1.82, 2.24) is 0 Å². The molecule has 2 aromatic carbocycles. The highest BCUT2D eigenvalue weighted by atomic mass is 32.1. The maximum atomic E-state index is 11.6. The Hall–Kier alpha value is -2.99. The molecule has 0 spiro atoms. The summed E-state index contributed by atoms with van der Waals surface area (Å²) < 4.78 is 6.16. The molecule has 0 saturated heterocycles. The van der Waals surface area contributed by atoms with Crippen molar-refractivity contribution in [2.24, 2.45) is 0 Å². The van der Waals surface area contributed by atoms with Crippen LogP contribution < -0.4 is 15.4 Å². The van der Waals surface area contributed by atoms with Crippen LogP contribution in [0.4, 0.5) is 11.4 Å². The van der Waals surface area contributed by atoms with Crippen molar-refractivity contribution in [2.45, 2.75) is 26.3 Å². The minimum atomic E-state index is -0.969. The van der Waals surface area contributed by atoms with E-state index in [0.717, 1.165) is 24.9 Å². The van der Waals surface area contributed by atoms with Crippen LogP contribution in [0.25, 0.3) is 0 Å². The lowest BCUT2D eigenvalue weighted by molar-refractivity contribution is 0.0697. The second-order valence-electron chi connectivity index (χ2n) is 6.39. The number of carboxylic acid groups (broad SMARTS) is 1. The zero-order valence-corrected chi connectivity index (χ0v) is 16.6. The van der Waals surface area contributed by atoms with Gasteiger partial charge in [0.1, 0.15) is 5.75 Å². The molecule has 0 radical (unpaired) electrons. The molecule has 1 heterocycles. The largest absolute Gasteiger partial charge is 0.478 e. The maximum Gasteiger partial charge on any atom is 0.335 e. The van der Waals surface area contributed by atoms with E-state index in [2.05, 4.69) is 22.9 Å². The van der Waals surface area contributed by atoms with E-state index in [1.54, 1.807) is 23.5 Å². The molecule has 0 fully saturated rings. The molecule has 0 atom stereocenters. The van der Waals surface area contributed by atoms with Gasteiger partial charge in [-0.15, -0.1) is 0 Å². The van der Waals surface area contributed by atoms with Crippen LogP contribution in [0.5, 0.6) is 11.5 Å². The van der Waals surface area contributed by atoms with Gasteiger partial charge in [-0.25, -0.2) is 4.79 Å². The fourth-order valence-electron chi connectivity index (χ4n) is 2.72. The number of nitrogens with one attached hydrogen (secondary N) is 2. The van der Waals surface area contributed by atoms with E-state index in [9.17, 15) is 9.90 Å². The molecule has 0 amide bonds. The number of benzene rings is 2. The summed E-state index contributed by atoms with van der Waals surface area (Å²) in [6.07, 6.45) is 2.03. The van der Waals surface area contributed by atoms with Gasteiger partial charge in [-0.1, -0.05) is 31.5 Å². The number of hydrogen-bond donors (Lipinski definition) is 3. The summed E-state index contributed by atoms with van der Waals surface area (Å²) in [4.78, 5) is 11.6. The molecule has 6 heteroatoms. The zero-order chi connectivity index (χ0) is 19.8. The van der Waals surface area contributed by atoms with Gasteiger partial charge in [0, 0.05) is 13.1 Å². The van der Waals surface area contributed by atoms with Gasteiger partial charge in [-0.3, -0.25) is 0 Å². The first-order valence-corrected chi connectivity index (χ1v) is 10.2. The van der Waals surface area contributed by atoms with Crippen molar-refractivity contribution in [3.8, 4) is 11.5 Å². The van der Waals surface area contributed by atoms with Gasteiger partial charge in [-0.2, -0.15) is 11.3 Å². The Labute approximate surface area is 169 Å². The first kappa shape index (κ1) is 19.8. The SMILES string of the molecule is CCCCNc1cc(C(=O)O)cc(NCc2ccsc2)c1Oc1ccccc1. The minimum Gasteiger partial charge on any atom is -0.478 e. The summed E-state index contributed by atoms with van der Waals surface area (Å²) >= 11 is 1.63. The van der Waals surface area contributed by atoms with Gasteiger partial charge >= 0.3 is 5.97 Å². The fraction of sp³-hybridized carbons (Fsp3) is 0.227. The number of anilines is 2. The number of rotatable bonds is 10. The molecule has 5 nitrogen and oxygen atoms in total. The van der Waals surface area contributed by atoms with Gasteiger partial charge in [-0.05, 0) is 53.1 Å². The molecular weight excluding hydrogens is 372 g/mol. The zero-order valence-electron chi connectivity index (χ0n) is 15.8. The van der Waals surface area contributed by atoms with Crippen LogP contribution in [-0.4, -0.2) is 17.6 Å².